The van der Waals surface area contributed by atoms with Gasteiger partial charge in [0.15, 0.2) is 11.6 Å². The molecule has 2 rings (SSSR count). The summed E-state index contributed by atoms with van der Waals surface area (Å²) in [4.78, 5) is 20.1. The van der Waals surface area contributed by atoms with Crippen LogP contribution in [0.15, 0.2) is 24.5 Å². The number of aryl methyl sites for hydroxylation is 1. The average Bonchev–Trinajstić information content (AvgIpc) is 2.43. The number of ketones is 1. The lowest BCUT2D eigenvalue weighted by atomic mass is 10.0. The zero-order chi connectivity index (χ0) is 14.7. The first-order valence-electron chi connectivity index (χ1n) is 6.17. The van der Waals surface area contributed by atoms with E-state index in [0.717, 1.165) is 11.1 Å². The van der Waals surface area contributed by atoms with Gasteiger partial charge in [0.1, 0.15) is 11.4 Å². The van der Waals surface area contributed by atoms with Crippen LogP contribution in [0.5, 0.6) is 5.75 Å². The number of pyridine rings is 2. The molecule has 0 saturated heterocycles. The number of halogens is 1. The number of Topliss-reactive ketones (excluding diaryl/α,β-unsaturated/α-hetero) is 1. The first-order chi connectivity index (χ1) is 9.54. The van der Waals surface area contributed by atoms with E-state index in [1.165, 1.54) is 18.3 Å². The minimum atomic E-state index is -0.616. The summed E-state index contributed by atoms with van der Waals surface area (Å²) >= 11 is 0. The Morgan fingerprint density at radius 3 is 2.75 bits per heavy atom. The van der Waals surface area contributed by atoms with Gasteiger partial charge in [-0.2, -0.15) is 0 Å². The normalized spacial score (nSPS) is 10.4. The maximum Gasteiger partial charge on any atom is 0.190 e. The fourth-order valence-electron chi connectivity index (χ4n) is 2.08. The fraction of sp³-hybridized carbons (Fsp3) is 0.267. The van der Waals surface area contributed by atoms with E-state index in [-0.39, 0.29) is 12.1 Å². The second-order valence-electron chi connectivity index (χ2n) is 4.48. The van der Waals surface area contributed by atoms with E-state index < -0.39 is 11.6 Å². The van der Waals surface area contributed by atoms with E-state index in [9.17, 15) is 9.18 Å². The monoisotopic (exact) mass is 274 g/mol. The number of ether oxygens (including phenoxy) is 1. The fourth-order valence-corrected chi connectivity index (χ4v) is 2.08. The number of hydrogen-bond acceptors (Lipinski definition) is 4. The maximum atomic E-state index is 13.5. The van der Waals surface area contributed by atoms with Crippen molar-refractivity contribution in [3.63, 3.8) is 0 Å². The SMILES string of the molecule is COc1c(C)cnc(CC(=O)c2ncccc2F)c1C. The number of aromatic nitrogens is 2. The van der Waals surface area contributed by atoms with Crippen LogP contribution in [-0.4, -0.2) is 22.9 Å². The number of hydrogen-bond donors (Lipinski definition) is 0. The molecule has 0 aliphatic rings. The van der Waals surface area contributed by atoms with Crippen molar-refractivity contribution in [1.29, 1.82) is 0 Å². The van der Waals surface area contributed by atoms with Crippen molar-refractivity contribution in [3.8, 4) is 5.75 Å². The van der Waals surface area contributed by atoms with Crippen molar-refractivity contribution >= 4 is 5.78 Å². The van der Waals surface area contributed by atoms with Crippen LogP contribution in [0.4, 0.5) is 4.39 Å². The predicted octanol–water partition coefficient (Wildman–Crippen LogP) is 2.67. The van der Waals surface area contributed by atoms with Gasteiger partial charge in [0.05, 0.1) is 19.2 Å². The summed E-state index contributed by atoms with van der Waals surface area (Å²) in [6.07, 6.45) is 3.03. The molecule has 5 heteroatoms. The molecule has 0 aromatic carbocycles. The van der Waals surface area contributed by atoms with Crippen molar-refractivity contribution in [2.24, 2.45) is 0 Å². The molecular formula is C15H15FN2O2. The topological polar surface area (TPSA) is 52.1 Å². The number of methoxy groups -OCH3 is 1. The predicted molar refractivity (Wildman–Crippen MR) is 72.5 cm³/mol. The van der Waals surface area contributed by atoms with Gasteiger partial charge in [-0.3, -0.25) is 14.8 Å². The number of nitrogens with zero attached hydrogens (tertiary/aromatic N) is 2. The summed E-state index contributed by atoms with van der Waals surface area (Å²) in [6, 6.07) is 2.67. The van der Waals surface area contributed by atoms with E-state index in [4.69, 9.17) is 4.74 Å². The molecule has 0 bridgehead atoms. The van der Waals surface area contributed by atoms with E-state index in [0.29, 0.717) is 11.4 Å². The Labute approximate surface area is 116 Å². The van der Waals surface area contributed by atoms with Crippen LogP contribution < -0.4 is 4.74 Å². The van der Waals surface area contributed by atoms with Crippen LogP contribution in [0, 0.1) is 19.7 Å². The molecular weight excluding hydrogens is 259 g/mol. The molecule has 2 aromatic rings. The van der Waals surface area contributed by atoms with Crippen LogP contribution in [0.3, 0.4) is 0 Å². The van der Waals surface area contributed by atoms with Gasteiger partial charge < -0.3 is 4.74 Å². The largest absolute Gasteiger partial charge is 0.496 e. The second kappa shape index (κ2) is 5.77. The van der Waals surface area contributed by atoms with E-state index in [2.05, 4.69) is 9.97 Å². The molecule has 4 nitrogen and oxygen atoms in total. The minimum absolute atomic E-state index is 0.00356. The summed E-state index contributed by atoms with van der Waals surface area (Å²) in [5.74, 6) is -0.317. The van der Waals surface area contributed by atoms with Gasteiger partial charge in [-0.05, 0) is 26.0 Å². The van der Waals surface area contributed by atoms with Crippen LogP contribution in [0.1, 0.15) is 27.3 Å². The Balaban J connectivity index is 2.32. The first-order valence-corrected chi connectivity index (χ1v) is 6.17. The molecule has 0 amide bonds. The van der Waals surface area contributed by atoms with E-state index >= 15 is 0 Å². The third-order valence-corrected chi connectivity index (χ3v) is 3.10. The Bertz CT molecular complexity index is 656. The van der Waals surface area contributed by atoms with Crippen LogP contribution in [0.2, 0.25) is 0 Å². The molecule has 104 valence electrons. The highest BCUT2D eigenvalue weighted by Crippen LogP contribution is 2.24. The van der Waals surface area contributed by atoms with Crippen LogP contribution in [-0.2, 0) is 6.42 Å². The van der Waals surface area contributed by atoms with E-state index in [1.54, 1.807) is 13.3 Å². The highest BCUT2D eigenvalue weighted by Gasteiger charge is 2.17. The summed E-state index contributed by atoms with van der Waals surface area (Å²) in [5, 5.41) is 0. The first kappa shape index (κ1) is 14.1. The molecule has 0 radical (unpaired) electrons. The van der Waals surface area contributed by atoms with Gasteiger partial charge in [0.2, 0.25) is 0 Å². The lowest BCUT2D eigenvalue weighted by Gasteiger charge is -2.11. The lowest BCUT2D eigenvalue weighted by molar-refractivity contribution is 0.0982. The Kier molecular flexibility index (Phi) is 4.08. The van der Waals surface area contributed by atoms with Crippen molar-refractivity contribution in [2.45, 2.75) is 20.3 Å². The van der Waals surface area contributed by atoms with Crippen LogP contribution >= 0.6 is 0 Å². The molecule has 0 N–H and O–H groups in total. The molecule has 0 fully saturated rings. The molecule has 0 saturated carbocycles. The molecule has 0 aliphatic heterocycles. The molecule has 0 atom stereocenters. The third kappa shape index (κ3) is 2.66. The Morgan fingerprint density at radius 2 is 2.10 bits per heavy atom. The van der Waals surface area contributed by atoms with Gasteiger partial charge in [0, 0.05) is 23.5 Å². The van der Waals surface area contributed by atoms with E-state index in [1.807, 2.05) is 13.8 Å². The Morgan fingerprint density at radius 1 is 1.35 bits per heavy atom. The zero-order valence-corrected chi connectivity index (χ0v) is 11.6. The summed E-state index contributed by atoms with van der Waals surface area (Å²) < 4.78 is 18.8. The number of rotatable bonds is 4. The minimum Gasteiger partial charge on any atom is -0.496 e. The van der Waals surface area contributed by atoms with Crippen molar-refractivity contribution in [2.75, 3.05) is 7.11 Å². The van der Waals surface area contributed by atoms with Crippen molar-refractivity contribution < 1.29 is 13.9 Å². The molecule has 0 aliphatic carbocycles. The number of carbonyl (C=O) groups is 1. The second-order valence-corrected chi connectivity index (χ2v) is 4.48. The average molecular weight is 274 g/mol. The molecule has 20 heavy (non-hydrogen) atoms. The summed E-state index contributed by atoms with van der Waals surface area (Å²) in [6.45, 7) is 3.71. The van der Waals surface area contributed by atoms with Gasteiger partial charge in [-0.15, -0.1) is 0 Å². The van der Waals surface area contributed by atoms with Crippen molar-refractivity contribution in [1.82, 2.24) is 9.97 Å². The summed E-state index contributed by atoms with van der Waals surface area (Å²) in [5.41, 5.74) is 2.10. The summed E-state index contributed by atoms with van der Waals surface area (Å²) in [7, 11) is 1.57. The molecule has 0 unspecified atom stereocenters. The third-order valence-electron chi connectivity index (χ3n) is 3.10. The Hall–Kier alpha value is -2.30. The van der Waals surface area contributed by atoms with Gasteiger partial charge >= 0.3 is 0 Å². The highest BCUT2D eigenvalue weighted by molar-refractivity contribution is 5.95. The standard InChI is InChI=1S/C15H15FN2O2/c1-9-8-18-12(10(2)15(9)20-3)7-13(19)14-11(16)5-4-6-17-14/h4-6,8H,7H2,1-3H3. The zero-order valence-electron chi connectivity index (χ0n) is 11.6. The molecule has 0 spiro atoms. The highest BCUT2D eigenvalue weighted by atomic mass is 19.1. The van der Waals surface area contributed by atoms with Gasteiger partial charge in [-0.25, -0.2) is 4.39 Å². The molecule has 2 aromatic heterocycles. The van der Waals surface area contributed by atoms with Gasteiger partial charge in [0.25, 0.3) is 0 Å². The maximum absolute atomic E-state index is 13.5. The number of carbonyl (C=O) groups excluding carboxylic acids is 1. The van der Waals surface area contributed by atoms with Gasteiger partial charge in [-0.1, -0.05) is 0 Å². The lowest BCUT2D eigenvalue weighted by Crippen LogP contribution is -2.11. The quantitative estimate of drug-likeness (QED) is 0.804. The smallest absolute Gasteiger partial charge is 0.190 e. The van der Waals surface area contributed by atoms with Crippen LogP contribution in [0.25, 0.3) is 0 Å². The molecule has 2 heterocycles. The van der Waals surface area contributed by atoms with Crippen molar-refractivity contribution in [3.05, 3.63) is 52.9 Å².